The first-order chi connectivity index (χ1) is 13.3. The number of halogens is 2. The number of hydrogen-bond acceptors (Lipinski definition) is 5. The molecule has 8 heteroatoms. The third-order valence-electron chi connectivity index (χ3n) is 4.13. The molecule has 0 saturated heterocycles. The van der Waals surface area contributed by atoms with Crippen molar-refractivity contribution in [3.05, 3.63) is 61.6 Å². The summed E-state index contributed by atoms with van der Waals surface area (Å²) in [6.07, 6.45) is 1.55. The summed E-state index contributed by atoms with van der Waals surface area (Å²) >= 11 is 9.65. The maximum Gasteiger partial charge on any atom is 0.282 e. The van der Waals surface area contributed by atoms with Crippen molar-refractivity contribution in [2.75, 3.05) is 14.2 Å². The summed E-state index contributed by atoms with van der Waals surface area (Å²) in [5.74, 6) is 1.50. The highest BCUT2D eigenvalue weighted by Crippen LogP contribution is 2.35. The second-order valence-electron chi connectivity index (χ2n) is 6.39. The smallest absolute Gasteiger partial charge is 0.282 e. The van der Waals surface area contributed by atoms with Crippen molar-refractivity contribution in [3.8, 4) is 11.5 Å². The monoisotopic (exact) mass is 463 g/mol. The number of fused-ring (bicyclic) bond motifs is 1. The Kier molecular flexibility index (Phi) is 6.05. The van der Waals surface area contributed by atoms with Gasteiger partial charge in [0.2, 0.25) is 0 Å². The molecule has 3 rings (SSSR count). The molecule has 0 amide bonds. The van der Waals surface area contributed by atoms with E-state index in [4.69, 9.17) is 21.1 Å². The fraction of sp³-hybridized carbons (Fsp3) is 0.250. The van der Waals surface area contributed by atoms with E-state index in [9.17, 15) is 4.79 Å². The summed E-state index contributed by atoms with van der Waals surface area (Å²) in [5.41, 5.74) is 1.06. The van der Waals surface area contributed by atoms with Crippen LogP contribution < -0.4 is 15.0 Å². The zero-order valence-electron chi connectivity index (χ0n) is 15.9. The molecule has 28 heavy (non-hydrogen) atoms. The van der Waals surface area contributed by atoms with E-state index in [0.717, 1.165) is 4.47 Å². The van der Waals surface area contributed by atoms with Crippen molar-refractivity contribution in [1.29, 1.82) is 0 Å². The van der Waals surface area contributed by atoms with Gasteiger partial charge in [-0.25, -0.2) is 4.98 Å². The molecule has 2 aromatic carbocycles. The van der Waals surface area contributed by atoms with Crippen LogP contribution in [0.2, 0.25) is 5.02 Å². The molecule has 0 fully saturated rings. The lowest BCUT2D eigenvalue weighted by atomic mass is 10.2. The molecule has 0 atom stereocenters. The van der Waals surface area contributed by atoms with Gasteiger partial charge in [-0.2, -0.15) is 9.78 Å². The Morgan fingerprint density at radius 3 is 2.61 bits per heavy atom. The molecule has 3 aromatic rings. The maximum absolute atomic E-state index is 13.0. The molecule has 1 heterocycles. The van der Waals surface area contributed by atoms with Gasteiger partial charge < -0.3 is 9.47 Å². The molecule has 0 saturated carbocycles. The topological polar surface area (TPSA) is 65.7 Å². The summed E-state index contributed by atoms with van der Waals surface area (Å²) in [7, 11) is 3.05. The Hall–Kier alpha value is -2.38. The number of benzene rings is 2. The fourth-order valence-corrected chi connectivity index (χ4v) is 3.45. The normalized spacial score (nSPS) is 11.5. The van der Waals surface area contributed by atoms with E-state index in [1.165, 1.54) is 18.9 Å². The lowest BCUT2D eigenvalue weighted by Gasteiger charge is -2.12. The third-order valence-corrected chi connectivity index (χ3v) is 4.90. The minimum atomic E-state index is -0.238. The molecule has 0 aliphatic heterocycles. The zero-order chi connectivity index (χ0) is 20.4. The first kappa shape index (κ1) is 20.4. The molecular formula is C20H19BrClN3O3. The number of rotatable bonds is 5. The standard InChI is InChI=1S/C20H19BrClN3O3/c1-11(2)19-24-16-6-5-13(21)9-14(16)20(26)25(19)23-10-12-7-15(22)18(28-4)17(8-12)27-3/h5-11H,1-4H3. The van der Waals surface area contributed by atoms with Gasteiger partial charge in [-0.3, -0.25) is 4.79 Å². The van der Waals surface area contributed by atoms with E-state index in [-0.39, 0.29) is 11.5 Å². The van der Waals surface area contributed by atoms with Gasteiger partial charge >= 0.3 is 0 Å². The molecule has 1 aromatic heterocycles. The number of aromatic nitrogens is 2. The Bertz CT molecular complexity index is 1130. The highest BCUT2D eigenvalue weighted by molar-refractivity contribution is 9.10. The summed E-state index contributed by atoms with van der Waals surface area (Å²) in [4.78, 5) is 17.7. The van der Waals surface area contributed by atoms with E-state index in [1.807, 2.05) is 26.0 Å². The van der Waals surface area contributed by atoms with Gasteiger partial charge in [-0.1, -0.05) is 41.4 Å². The van der Waals surface area contributed by atoms with E-state index in [1.54, 1.807) is 24.4 Å². The highest BCUT2D eigenvalue weighted by atomic mass is 79.9. The Morgan fingerprint density at radius 2 is 1.96 bits per heavy atom. The van der Waals surface area contributed by atoms with Gasteiger partial charge in [0.15, 0.2) is 11.5 Å². The molecule has 0 radical (unpaired) electrons. The van der Waals surface area contributed by atoms with Crippen LogP contribution in [0, 0.1) is 0 Å². The molecule has 146 valence electrons. The lowest BCUT2D eigenvalue weighted by molar-refractivity contribution is 0.355. The minimum Gasteiger partial charge on any atom is -0.493 e. The van der Waals surface area contributed by atoms with Crippen LogP contribution >= 0.6 is 27.5 Å². The van der Waals surface area contributed by atoms with Crippen molar-refractivity contribution in [2.45, 2.75) is 19.8 Å². The van der Waals surface area contributed by atoms with Gasteiger partial charge in [0.25, 0.3) is 5.56 Å². The van der Waals surface area contributed by atoms with Crippen LogP contribution in [0.25, 0.3) is 10.9 Å². The van der Waals surface area contributed by atoms with Crippen molar-refractivity contribution >= 4 is 44.6 Å². The zero-order valence-corrected chi connectivity index (χ0v) is 18.2. The van der Waals surface area contributed by atoms with Gasteiger partial charge in [0.1, 0.15) is 5.82 Å². The third kappa shape index (κ3) is 3.91. The van der Waals surface area contributed by atoms with Crippen LogP contribution in [0.3, 0.4) is 0 Å². The molecule has 6 nitrogen and oxygen atoms in total. The number of methoxy groups -OCH3 is 2. The average molecular weight is 465 g/mol. The highest BCUT2D eigenvalue weighted by Gasteiger charge is 2.14. The van der Waals surface area contributed by atoms with Crippen LogP contribution in [-0.2, 0) is 0 Å². The first-order valence-electron chi connectivity index (χ1n) is 8.53. The summed E-state index contributed by atoms with van der Waals surface area (Å²) in [5, 5.41) is 5.27. The molecule has 0 unspecified atom stereocenters. The summed E-state index contributed by atoms with van der Waals surface area (Å²) in [6.45, 7) is 3.93. The molecule has 0 spiro atoms. The van der Waals surface area contributed by atoms with Crippen LogP contribution in [-0.4, -0.2) is 30.1 Å². The second kappa shape index (κ2) is 8.32. The predicted octanol–water partition coefficient (Wildman–Crippen LogP) is 4.84. The Balaban J connectivity index is 2.16. The number of nitrogens with zero attached hydrogens (tertiary/aromatic N) is 3. The Labute approximate surface area is 175 Å². The van der Waals surface area contributed by atoms with Crippen molar-refractivity contribution in [1.82, 2.24) is 9.66 Å². The van der Waals surface area contributed by atoms with Gasteiger partial charge in [-0.15, -0.1) is 0 Å². The molecule has 0 aliphatic rings. The van der Waals surface area contributed by atoms with E-state index < -0.39 is 0 Å². The predicted molar refractivity (Wildman–Crippen MR) is 115 cm³/mol. The van der Waals surface area contributed by atoms with Gasteiger partial charge in [0.05, 0.1) is 36.4 Å². The van der Waals surface area contributed by atoms with Crippen molar-refractivity contribution < 1.29 is 9.47 Å². The summed E-state index contributed by atoms with van der Waals surface area (Å²) in [6, 6.07) is 8.85. The average Bonchev–Trinajstić information content (AvgIpc) is 2.66. The number of ether oxygens (including phenoxy) is 2. The fourth-order valence-electron chi connectivity index (χ4n) is 2.79. The lowest BCUT2D eigenvalue weighted by Crippen LogP contribution is -2.23. The Morgan fingerprint density at radius 1 is 1.21 bits per heavy atom. The van der Waals surface area contributed by atoms with E-state index >= 15 is 0 Å². The number of hydrogen-bond donors (Lipinski definition) is 0. The van der Waals surface area contributed by atoms with Crippen LogP contribution in [0.1, 0.15) is 31.2 Å². The summed E-state index contributed by atoms with van der Waals surface area (Å²) < 4.78 is 12.7. The van der Waals surface area contributed by atoms with Crippen LogP contribution in [0.4, 0.5) is 0 Å². The largest absolute Gasteiger partial charge is 0.493 e. The van der Waals surface area contributed by atoms with Crippen LogP contribution in [0.5, 0.6) is 11.5 Å². The maximum atomic E-state index is 13.0. The van der Waals surface area contributed by atoms with Gasteiger partial charge in [0, 0.05) is 10.4 Å². The first-order valence-corrected chi connectivity index (χ1v) is 9.71. The molecule has 0 N–H and O–H groups in total. The quantitative estimate of drug-likeness (QED) is 0.507. The minimum absolute atomic E-state index is 0.00638. The van der Waals surface area contributed by atoms with E-state index in [2.05, 4.69) is 26.0 Å². The molecular weight excluding hydrogens is 446 g/mol. The van der Waals surface area contributed by atoms with Crippen molar-refractivity contribution in [3.63, 3.8) is 0 Å². The van der Waals surface area contributed by atoms with Crippen molar-refractivity contribution in [2.24, 2.45) is 5.10 Å². The molecule has 0 bridgehead atoms. The second-order valence-corrected chi connectivity index (χ2v) is 7.71. The van der Waals surface area contributed by atoms with Gasteiger partial charge in [-0.05, 0) is 35.9 Å². The molecule has 0 aliphatic carbocycles. The SMILES string of the molecule is COc1cc(C=Nn2c(C(C)C)nc3ccc(Br)cc3c2=O)cc(Cl)c1OC. The van der Waals surface area contributed by atoms with E-state index in [0.29, 0.717) is 38.8 Å². The van der Waals surface area contributed by atoms with Crippen LogP contribution in [0.15, 0.2) is 44.7 Å².